The molecule has 0 aromatic heterocycles. The van der Waals surface area contributed by atoms with E-state index in [1.807, 2.05) is 0 Å². The van der Waals surface area contributed by atoms with Gasteiger partial charge in [0.2, 0.25) is 0 Å². The number of carbonyl (C=O) groups excluding carboxylic acids is 1. The molecule has 12 heavy (non-hydrogen) atoms. The van der Waals surface area contributed by atoms with E-state index in [-0.39, 0.29) is 0 Å². The standard InChI is InChI=1S/C7H2Br2N2O/c8-3-1-5-6(2-4(3)9)11-7(12)10-5/h1-2H. The lowest BCUT2D eigenvalue weighted by molar-refractivity contribution is 0.256. The fourth-order valence-electron chi connectivity index (χ4n) is 0.936. The van der Waals surface area contributed by atoms with Crippen molar-refractivity contribution in [3.63, 3.8) is 0 Å². The van der Waals surface area contributed by atoms with Crippen LogP contribution in [0.4, 0.5) is 4.79 Å². The number of carbonyl (C=O) groups is 1. The van der Waals surface area contributed by atoms with Crippen LogP contribution in [-0.4, -0.2) is 6.03 Å². The molecule has 5 heteroatoms. The van der Waals surface area contributed by atoms with Gasteiger partial charge < -0.3 is 0 Å². The first-order valence-electron chi connectivity index (χ1n) is 3.13. The smallest absolute Gasteiger partial charge is 0.244 e. The molecule has 0 N–H and O–H groups in total. The number of fused-ring (bicyclic) bond motifs is 1. The molecule has 0 spiro atoms. The molecule has 1 aliphatic heterocycles. The van der Waals surface area contributed by atoms with Crippen molar-refractivity contribution in [2.75, 3.05) is 0 Å². The van der Waals surface area contributed by atoms with Gasteiger partial charge in [-0.3, -0.25) is 0 Å². The summed E-state index contributed by atoms with van der Waals surface area (Å²) >= 11 is 6.62. The van der Waals surface area contributed by atoms with Gasteiger partial charge in [0.05, 0.1) is 10.7 Å². The lowest BCUT2D eigenvalue weighted by atomic mass is 10.3. The molecule has 0 unspecified atom stereocenters. The van der Waals surface area contributed by atoms with E-state index < -0.39 is 6.03 Å². The van der Waals surface area contributed by atoms with Gasteiger partial charge in [0, 0.05) is 8.95 Å². The molecule has 0 fully saturated rings. The van der Waals surface area contributed by atoms with Gasteiger partial charge in [0.15, 0.2) is 0 Å². The molecule has 3 nitrogen and oxygen atoms in total. The highest BCUT2D eigenvalue weighted by Crippen LogP contribution is 2.18. The summed E-state index contributed by atoms with van der Waals surface area (Å²) in [4.78, 5) is 18.2. The van der Waals surface area contributed by atoms with Crippen LogP contribution in [0.2, 0.25) is 0 Å². The number of halogens is 2. The number of hydrogen-bond donors (Lipinski definition) is 0. The van der Waals surface area contributed by atoms with Crippen molar-refractivity contribution >= 4 is 37.9 Å². The predicted molar refractivity (Wildman–Crippen MR) is 49.5 cm³/mol. The largest absolute Gasteiger partial charge is 0.368 e. The van der Waals surface area contributed by atoms with Gasteiger partial charge in [-0.05, 0) is 44.0 Å². The topological polar surface area (TPSA) is 41.8 Å². The third-order valence-corrected chi connectivity index (χ3v) is 3.29. The average molecular weight is 290 g/mol. The van der Waals surface area contributed by atoms with Crippen LogP contribution in [0.3, 0.4) is 0 Å². The normalized spacial score (nSPS) is 13.7. The number of nitrogens with zero attached hydrogens (tertiary/aromatic N) is 2. The lowest BCUT2D eigenvalue weighted by Crippen LogP contribution is -2.21. The van der Waals surface area contributed by atoms with Crippen LogP contribution in [0.5, 0.6) is 0 Å². The summed E-state index contributed by atoms with van der Waals surface area (Å²) in [5, 5.41) is 1.24. The number of benzene rings is 1. The number of urea groups is 1. The molecule has 1 heterocycles. The molecule has 0 aliphatic carbocycles. The van der Waals surface area contributed by atoms with E-state index in [0.717, 1.165) is 8.95 Å². The quantitative estimate of drug-likeness (QED) is 0.715. The second-order valence-corrected chi connectivity index (χ2v) is 3.97. The lowest BCUT2D eigenvalue weighted by Gasteiger charge is -1.90. The van der Waals surface area contributed by atoms with Crippen LogP contribution >= 0.6 is 31.9 Å². The Kier molecular flexibility index (Phi) is 1.84. The number of rotatable bonds is 0. The molecule has 1 aliphatic rings. The highest BCUT2D eigenvalue weighted by molar-refractivity contribution is 9.13. The Labute approximate surface area is 84.5 Å². The van der Waals surface area contributed by atoms with Crippen molar-refractivity contribution < 1.29 is 4.79 Å². The van der Waals surface area contributed by atoms with E-state index in [1.165, 1.54) is 0 Å². The van der Waals surface area contributed by atoms with Crippen molar-refractivity contribution in [1.29, 1.82) is 0 Å². The van der Waals surface area contributed by atoms with Crippen LogP contribution in [0.25, 0.3) is 0 Å². The average Bonchev–Trinajstić information content (AvgIpc) is 2.30. The Morgan fingerprint density at radius 3 is 1.83 bits per heavy atom. The monoisotopic (exact) mass is 288 g/mol. The van der Waals surface area contributed by atoms with Crippen molar-refractivity contribution in [2.45, 2.75) is 0 Å². The van der Waals surface area contributed by atoms with Gasteiger partial charge in [0.25, 0.3) is 0 Å². The maximum Gasteiger partial charge on any atom is 0.368 e. The molecule has 0 saturated heterocycles. The molecule has 2 amide bonds. The summed E-state index contributed by atoms with van der Waals surface area (Å²) in [7, 11) is 0. The highest BCUT2D eigenvalue weighted by atomic mass is 79.9. The maximum atomic E-state index is 10.8. The van der Waals surface area contributed by atoms with Gasteiger partial charge in [-0.15, -0.1) is 0 Å². The van der Waals surface area contributed by atoms with Crippen LogP contribution in [0.1, 0.15) is 0 Å². The van der Waals surface area contributed by atoms with Crippen LogP contribution in [0, 0.1) is 0 Å². The van der Waals surface area contributed by atoms with Gasteiger partial charge >= 0.3 is 6.03 Å². The Morgan fingerprint density at radius 1 is 1.00 bits per heavy atom. The summed E-state index contributed by atoms with van der Waals surface area (Å²) in [5.74, 6) is 0. The van der Waals surface area contributed by atoms with Gasteiger partial charge in [-0.2, -0.15) is 9.98 Å². The van der Waals surface area contributed by atoms with Crippen LogP contribution in [-0.2, 0) is 0 Å². The zero-order valence-electron chi connectivity index (χ0n) is 5.71. The van der Waals surface area contributed by atoms with Crippen molar-refractivity contribution in [1.82, 2.24) is 0 Å². The second kappa shape index (κ2) is 2.74. The summed E-state index contributed by atoms with van der Waals surface area (Å²) in [6, 6.07) is 3.08. The van der Waals surface area contributed by atoms with Crippen LogP contribution < -0.4 is 10.7 Å². The molecule has 0 saturated carbocycles. The Bertz CT molecular complexity index is 438. The zero-order chi connectivity index (χ0) is 8.72. The van der Waals surface area contributed by atoms with Gasteiger partial charge in [-0.1, -0.05) is 0 Å². The minimum absolute atomic E-state index is 0.435. The van der Waals surface area contributed by atoms with E-state index in [2.05, 4.69) is 41.8 Å². The Morgan fingerprint density at radius 2 is 1.42 bits per heavy atom. The first-order chi connectivity index (χ1) is 5.66. The fraction of sp³-hybridized carbons (Fsp3) is 0. The number of hydrogen-bond acceptors (Lipinski definition) is 1. The summed E-state index contributed by atoms with van der Waals surface area (Å²) in [6.45, 7) is 0. The summed E-state index contributed by atoms with van der Waals surface area (Å²) < 4.78 is 1.74. The van der Waals surface area contributed by atoms with E-state index in [0.29, 0.717) is 10.7 Å². The first-order valence-corrected chi connectivity index (χ1v) is 4.72. The zero-order valence-corrected chi connectivity index (χ0v) is 8.89. The summed E-state index contributed by atoms with van der Waals surface area (Å²) in [5.41, 5.74) is 0. The Balaban J connectivity index is 2.89. The second-order valence-electron chi connectivity index (χ2n) is 2.26. The van der Waals surface area contributed by atoms with E-state index >= 15 is 0 Å². The SMILES string of the molecule is O=C1N=c2cc(Br)c(Br)cc2=N1. The van der Waals surface area contributed by atoms with Crippen molar-refractivity contribution in [3.05, 3.63) is 31.8 Å². The summed E-state index contributed by atoms with van der Waals surface area (Å²) in [6.07, 6.45) is 0. The predicted octanol–water partition coefficient (Wildman–Crippen LogP) is 1.58. The van der Waals surface area contributed by atoms with E-state index in [9.17, 15) is 4.79 Å². The van der Waals surface area contributed by atoms with Gasteiger partial charge in [0.1, 0.15) is 0 Å². The minimum atomic E-state index is -0.435. The maximum absolute atomic E-state index is 10.8. The van der Waals surface area contributed by atoms with E-state index in [1.54, 1.807) is 12.1 Å². The van der Waals surface area contributed by atoms with Crippen LogP contribution in [0.15, 0.2) is 31.1 Å². The molecular formula is C7H2Br2N2O. The van der Waals surface area contributed by atoms with Crippen molar-refractivity contribution in [3.8, 4) is 0 Å². The first kappa shape index (κ1) is 8.07. The Hall–Kier alpha value is -0.550. The molecule has 1 aromatic carbocycles. The minimum Gasteiger partial charge on any atom is -0.244 e. The molecule has 0 radical (unpaired) electrons. The fourth-order valence-corrected chi connectivity index (χ4v) is 1.60. The van der Waals surface area contributed by atoms with Crippen molar-refractivity contribution in [2.24, 2.45) is 9.98 Å². The molecule has 2 rings (SSSR count). The molecule has 0 atom stereocenters. The number of amides is 2. The third-order valence-electron chi connectivity index (χ3n) is 1.45. The van der Waals surface area contributed by atoms with E-state index in [4.69, 9.17) is 0 Å². The van der Waals surface area contributed by atoms with Gasteiger partial charge in [-0.25, -0.2) is 4.79 Å². The molecule has 0 bridgehead atoms. The molecule has 60 valence electrons. The molecule has 1 aromatic rings. The molecular weight excluding hydrogens is 288 g/mol. The highest BCUT2D eigenvalue weighted by Gasteiger charge is 2.06. The third kappa shape index (κ3) is 1.23.